The molecule has 0 aromatic heterocycles. The third kappa shape index (κ3) is 6.04. The van der Waals surface area contributed by atoms with Gasteiger partial charge in [-0.05, 0) is 30.7 Å². The van der Waals surface area contributed by atoms with Crippen LogP contribution in [0, 0.1) is 0 Å². The molecule has 24 heavy (non-hydrogen) atoms. The van der Waals surface area contributed by atoms with Gasteiger partial charge in [-0.15, -0.1) is 0 Å². The lowest BCUT2D eigenvalue weighted by Crippen LogP contribution is -2.49. The van der Waals surface area contributed by atoms with Gasteiger partial charge in [-0.3, -0.25) is 9.69 Å². The van der Waals surface area contributed by atoms with E-state index in [1.54, 1.807) is 7.11 Å². The van der Waals surface area contributed by atoms with Crippen molar-refractivity contribution in [3.8, 4) is 5.75 Å². The van der Waals surface area contributed by atoms with Crippen LogP contribution in [0.5, 0.6) is 5.75 Å². The normalized spacial score (nSPS) is 15.3. The highest BCUT2D eigenvalue weighted by Gasteiger charge is 2.19. The van der Waals surface area contributed by atoms with E-state index < -0.39 is 0 Å². The van der Waals surface area contributed by atoms with Crippen LogP contribution >= 0.6 is 0 Å². The van der Waals surface area contributed by atoms with E-state index in [9.17, 15) is 4.79 Å². The van der Waals surface area contributed by atoms with Gasteiger partial charge in [-0.25, -0.2) is 0 Å². The second-order valence-corrected chi connectivity index (χ2v) is 6.37. The highest BCUT2D eigenvalue weighted by molar-refractivity contribution is 5.78. The average Bonchev–Trinajstić information content (AvgIpc) is 2.62. The number of carbonyl (C=O) groups excluding carboxylic acids is 1. The molecule has 0 radical (unpaired) electrons. The van der Waals surface area contributed by atoms with E-state index in [-0.39, 0.29) is 5.91 Å². The Morgan fingerprint density at radius 1 is 1.08 bits per heavy atom. The molecule has 0 spiro atoms. The lowest BCUT2D eigenvalue weighted by Gasteiger charge is -2.35. The van der Waals surface area contributed by atoms with E-state index >= 15 is 0 Å². The van der Waals surface area contributed by atoms with E-state index in [0.29, 0.717) is 6.54 Å². The minimum Gasteiger partial charge on any atom is -0.497 e. The van der Waals surface area contributed by atoms with Crippen molar-refractivity contribution in [2.45, 2.75) is 32.6 Å². The number of hydrogen-bond donors (Lipinski definition) is 1. The van der Waals surface area contributed by atoms with E-state index in [2.05, 4.69) is 34.2 Å². The van der Waals surface area contributed by atoms with Gasteiger partial charge in [0.25, 0.3) is 0 Å². The van der Waals surface area contributed by atoms with Crippen molar-refractivity contribution < 1.29 is 9.53 Å². The molecule has 0 atom stereocenters. The molecule has 5 heteroatoms. The molecule has 134 valence electrons. The molecule has 1 saturated heterocycles. The van der Waals surface area contributed by atoms with Gasteiger partial charge < -0.3 is 15.0 Å². The number of piperazine rings is 1. The standard InChI is InChI=1S/C19H31N3O2/c1-3-4-5-6-11-20-19(23)16-21-12-14-22(15-13-21)17-7-9-18(24-2)10-8-17/h7-10H,3-6,11-16H2,1-2H3,(H,20,23). The Balaban J connectivity index is 1.65. The van der Waals surface area contributed by atoms with E-state index in [0.717, 1.165) is 44.9 Å². The maximum atomic E-state index is 12.0. The average molecular weight is 333 g/mol. The van der Waals surface area contributed by atoms with Crippen LogP contribution in [0.25, 0.3) is 0 Å². The Bertz CT molecular complexity index is 482. The Hall–Kier alpha value is -1.75. The lowest BCUT2D eigenvalue weighted by atomic mass is 10.2. The van der Waals surface area contributed by atoms with Crippen LogP contribution < -0.4 is 15.0 Å². The van der Waals surface area contributed by atoms with E-state index in [1.807, 2.05) is 12.1 Å². The van der Waals surface area contributed by atoms with Crippen LogP contribution in [0.1, 0.15) is 32.6 Å². The summed E-state index contributed by atoms with van der Waals surface area (Å²) in [4.78, 5) is 16.6. The molecular weight excluding hydrogens is 302 g/mol. The Kier molecular flexibility index (Phi) is 7.89. The quantitative estimate of drug-likeness (QED) is 0.705. The van der Waals surface area contributed by atoms with Gasteiger partial charge in [0.15, 0.2) is 0 Å². The van der Waals surface area contributed by atoms with Crippen molar-refractivity contribution in [2.24, 2.45) is 0 Å². The Morgan fingerprint density at radius 2 is 1.79 bits per heavy atom. The van der Waals surface area contributed by atoms with E-state index in [1.165, 1.54) is 24.9 Å². The number of methoxy groups -OCH3 is 1. The third-order valence-electron chi connectivity index (χ3n) is 4.53. The van der Waals surface area contributed by atoms with Gasteiger partial charge in [0.2, 0.25) is 5.91 Å². The molecule has 2 rings (SSSR count). The number of unbranched alkanes of at least 4 members (excludes halogenated alkanes) is 3. The van der Waals surface area contributed by atoms with Gasteiger partial charge in [0.05, 0.1) is 13.7 Å². The first-order chi connectivity index (χ1) is 11.7. The van der Waals surface area contributed by atoms with Gasteiger partial charge in [-0.2, -0.15) is 0 Å². The maximum absolute atomic E-state index is 12.0. The number of hydrogen-bond acceptors (Lipinski definition) is 4. The van der Waals surface area contributed by atoms with Crippen LogP contribution in [-0.4, -0.2) is 57.2 Å². The second-order valence-electron chi connectivity index (χ2n) is 6.37. The maximum Gasteiger partial charge on any atom is 0.234 e. The number of benzene rings is 1. The largest absolute Gasteiger partial charge is 0.497 e. The highest BCUT2D eigenvalue weighted by atomic mass is 16.5. The van der Waals surface area contributed by atoms with Crippen molar-refractivity contribution in [3.63, 3.8) is 0 Å². The fraction of sp³-hybridized carbons (Fsp3) is 0.632. The fourth-order valence-electron chi connectivity index (χ4n) is 3.00. The monoisotopic (exact) mass is 333 g/mol. The fourth-order valence-corrected chi connectivity index (χ4v) is 3.00. The van der Waals surface area contributed by atoms with Crippen LogP contribution in [0.3, 0.4) is 0 Å². The summed E-state index contributed by atoms with van der Waals surface area (Å²) in [6.07, 6.45) is 4.78. The minimum absolute atomic E-state index is 0.157. The molecule has 1 aromatic rings. The molecule has 1 heterocycles. The number of rotatable bonds is 9. The van der Waals surface area contributed by atoms with Crippen molar-refractivity contribution in [1.82, 2.24) is 10.2 Å². The number of carbonyl (C=O) groups is 1. The number of amides is 1. The van der Waals surface area contributed by atoms with Gasteiger partial charge in [0, 0.05) is 38.4 Å². The molecule has 0 bridgehead atoms. The Labute approximate surface area is 146 Å². The van der Waals surface area contributed by atoms with Crippen LogP contribution in [0.2, 0.25) is 0 Å². The molecule has 1 N–H and O–H groups in total. The summed E-state index contributed by atoms with van der Waals surface area (Å²) < 4.78 is 5.20. The molecule has 1 aromatic carbocycles. The predicted molar refractivity (Wildman–Crippen MR) is 98.8 cm³/mol. The molecule has 5 nitrogen and oxygen atoms in total. The summed E-state index contributed by atoms with van der Waals surface area (Å²) in [5.41, 5.74) is 1.22. The second kappa shape index (κ2) is 10.2. The van der Waals surface area contributed by atoms with E-state index in [4.69, 9.17) is 4.74 Å². The van der Waals surface area contributed by atoms with Gasteiger partial charge in [-0.1, -0.05) is 26.2 Å². The first-order valence-corrected chi connectivity index (χ1v) is 9.11. The van der Waals surface area contributed by atoms with Crippen LogP contribution in [0.4, 0.5) is 5.69 Å². The predicted octanol–water partition coefficient (Wildman–Crippen LogP) is 2.51. The number of nitrogens with one attached hydrogen (secondary N) is 1. The molecule has 0 unspecified atom stereocenters. The van der Waals surface area contributed by atoms with Crippen molar-refractivity contribution in [1.29, 1.82) is 0 Å². The van der Waals surface area contributed by atoms with Crippen molar-refractivity contribution in [2.75, 3.05) is 51.3 Å². The summed E-state index contributed by atoms with van der Waals surface area (Å²) in [5, 5.41) is 3.04. The number of anilines is 1. The zero-order valence-corrected chi connectivity index (χ0v) is 15.1. The van der Waals surface area contributed by atoms with Gasteiger partial charge in [0.1, 0.15) is 5.75 Å². The summed E-state index contributed by atoms with van der Waals surface area (Å²) in [5.74, 6) is 1.04. The third-order valence-corrected chi connectivity index (χ3v) is 4.53. The van der Waals surface area contributed by atoms with Crippen LogP contribution in [0.15, 0.2) is 24.3 Å². The summed E-state index contributed by atoms with van der Waals surface area (Å²) in [6.45, 7) is 7.29. The van der Waals surface area contributed by atoms with Gasteiger partial charge >= 0.3 is 0 Å². The smallest absolute Gasteiger partial charge is 0.234 e. The van der Waals surface area contributed by atoms with Crippen molar-refractivity contribution in [3.05, 3.63) is 24.3 Å². The SMILES string of the molecule is CCCCCCNC(=O)CN1CCN(c2ccc(OC)cc2)CC1. The van der Waals surface area contributed by atoms with Crippen molar-refractivity contribution >= 4 is 11.6 Å². The summed E-state index contributed by atoms with van der Waals surface area (Å²) in [7, 11) is 1.68. The number of ether oxygens (including phenoxy) is 1. The molecular formula is C19H31N3O2. The molecule has 1 aliphatic heterocycles. The minimum atomic E-state index is 0.157. The molecule has 1 aliphatic rings. The molecule has 0 aliphatic carbocycles. The molecule has 0 saturated carbocycles. The number of nitrogens with zero attached hydrogens (tertiary/aromatic N) is 2. The first-order valence-electron chi connectivity index (χ1n) is 9.11. The highest BCUT2D eigenvalue weighted by Crippen LogP contribution is 2.20. The zero-order chi connectivity index (χ0) is 17.2. The topological polar surface area (TPSA) is 44.8 Å². The lowest BCUT2D eigenvalue weighted by molar-refractivity contribution is -0.122. The summed E-state index contributed by atoms with van der Waals surface area (Å²) in [6, 6.07) is 8.18. The zero-order valence-electron chi connectivity index (χ0n) is 15.1. The first kappa shape index (κ1) is 18.6. The van der Waals surface area contributed by atoms with Crippen LogP contribution in [-0.2, 0) is 4.79 Å². The summed E-state index contributed by atoms with van der Waals surface area (Å²) >= 11 is 0. The Morgan fingerprint density at radius 3 is 2.42 bits per heavy atom. The molecule has 1 fully saturated rings. The molecule has 1 amide bonds.